The number of hydrogen-bond donors (Lipinski definition) is 2. The molecule has 0 aliphatic rings. The van der Waals surface area contributed by atoms with Crippen molar-refractivity contribution in [3.8, 4) is 11.5 Å². The van der Waals surface area contributed by atoms with Gasteiger partial charge in [-0.05, 0) is 35.9 Å². The number of ether oxygens (including phenoxy) is 1. The second kappa shape index (κ2) is 7.26. The van der Waals surface area contributed by atoms with E-state index in [1.807, 2.05) is 0 Å². The van der Waals surface area contributed by atoms with Crippen molar-refractivity contribution >= 4 is 17.8 Å². The number of carboxylic acid groups (broad SMARTS) is 1. The summed E-state index contributed by atoms with van der Waals surface area (Å²) in [6.45, 7) is 0. The van der Waals surface area contributed by atoms with Crippen LogP contribution in [0.2, 0.25) is 0 Å². The third-order valence-corrected chi connectivity index (χ3v) is 3.24. The van der Waals surface area contributed by atoms with Crippen molar-refractivity contribution in [3.63, 3.8) is 0 Å². The lowest BCUT2D eigenvalue weighted by atomic mass is 10.1. The highest BCUT2D eigenvalue weighted by atomic mass is 16.5. The molecule has 5 heteroatoms. The SMILES string of the molecule is COc1cc(CC(=O)O)ccc1C=CC(=O)c1ccccc1O. The molecule has 0 saturated carbocycles. The maximum Gasteiger partial charge on any atom is 0.307 e. The van der Waals surface area contributed by atoms with Gasteiger partial charge in [-0.3, -0.25) is 9.59 Å². The first kappa shape index (κ1) is 16.3. The van der Waals surface area contributed by atoms with Gasteiger partial charge in [0.05, 0.1) is 19.1 Å². The van der Waals surface area contributed by atoms with Gasteiger partial charge in [0, 0.05) is 5.56 Å². The molecule has 0 saturated heterocycles. The zero-order valence-corrected chi connectivity index (χ0v) is 12.5. The van der Waals surface area contributed by atoms with E-state index in [1.54, 1.807) is 36.4 Å². The molecule has 118 valence electrons. The highest BCUT2D eigenvalue weighted by molar-refractivity contribution is 6.08. The quantitative estimate of drug-likeness (QED) is 0.633. The van der Waals surface area contributed by atoms with Gasteiger partial charge in [-0.2, -0.15) is 0 Å². The van der Waals surface area contributed by atoms with Crippen molar-refractivity contribution in [3.05, 3.63) is 65.2 Å². The summed E-state index contributed by atoms with van der Waals surface area (Å²) < 4.78 is 5.22. The molecule has 0 spiro atoms. The van der Waals surface area contributed by atoms with E-state index in [2.05, 4.69) is 0 Å². The molecule has 23 heavy (non-hydrogen) atoms. The molecule has 0 radical (unpaired) electrons. The summed E-state index contributed by atoms with van der Waals surface area (Å²) in [5.41, 5.74) is 1.47. The number of para-hydroxylation sites is 1. The average Bonchev–Trinajstić information content (AvgIpc) is 2.53. The molecule has 5 nitrogen and oxygen atoms in total. The second-order valence-corrected chi connectivity index (χ2v) is 4.86. The Morgan fingerprint density at radius 1 is 1.17 bits per heavy atom. The summed E-state index contributed by atoms with van der Waals surface area (Å²) in [4.78, 5) is 22.8. The lowest BCUT2D eigenvalue weighted by Gasteiger charge is -2.07. The van der Waals surface area contributed by atoms with E-state index in [0.717, 1.165) is 0 Å². The van der Waals surface area contributed by atoms with E-state index in [-0.39, 0.29) is 23.5 Å². The van der Waals surface area contributed by atoms with Gasteiger partial charge < -0.3 is 14.9 Å². The maximum absolute atomic E-state index is 12.1. The number of ketones is 1. The number of aromatic hydroxyl groups is 1. The average molecular weight is 312 g/mol. The minimum Gasteiger partial charge on any atom is -0.507 e. The van der Waals surface area contributed by atoms with E-state index in [4.69, 9.17) is 9.84 Å². The van der Waals surface area contributed by atoms with Gasteiger partial charge in [0.15, 0.2) is 5.78 Å². The van der Waals surface area contributed by atoms with Gasteiger partial charge >= 0.3 is 5.97 Å². The molecule has 2 rings (SSSR count). The molecule has 0 bridgehead atoms. The van der Waals surface area contributed by atoms with Crippen LogP contribution in [-0.2, 0) is 11.2 Å². The number of allylic oxidation sites excluding steroid dienone is 1. The van der Waals surface area contributed by atoms with Crippen LogP contribution in [0.5, 0.6) is 11.5 Å². The summed E-state index contributed by atoms with van der Waals surface area (Å²) >= 11 is 0. The number of carbonyl (C=O) groups is 2. The van der Waals surface area contributed by atoms with Crippen LogP contribution in [0, 0.1) is 0 Å². The Hall–Kier alpha value is -3.08. The molecule has 2 aromatic rings. The van der Waals surface area contributed by atoms with Crippen LogP contribution in [0.25, 0.3) is 6.08 Å². The van der Waals surface area contributed by atoms with Crippen LogP contribution in [0.4, 0.5) is 0 Å². The van der Waals surface area contributed by atoms with Crippen molar-refractivity contribution in [1.82, 2.24) is 0 Å². The molecule has 0 heterocycles. The summed E-state index contributed by atoms with van der Waals surface area (Å²) in [5.74, 6) is -0.860. The number of rotatable bonds is 6. The first-order valence-corrected chi connectivity index (χ1v) is 6.90. The van der Waals surface area contributed by atoms with Crippen molar-refractivity contribution in [2.75, 3.05) is 7.11 Å². The predicted octanol–water partition coefficient (Wildman–Crippen LogP) is 2.92. The van der Waals surface area contributed by atoms with Crippen LogP contribution in [0.3, 0.4) is 0 Å². The Bertz CT molecular complexity index is 762. The Labute approximate surface area is 133 Å². The number of methoxy groups -OCH3 is 1. The molecule has 0 aromatic heterocycles. The molecule has 0 amide bonds. The lowest BCUT2D eigenvalue weighted by Crippen LogP contribution is -2.00. The fourth-order valence-corrected chi connectivity index (χ4v) is 2.12. The van der Waals surface area contributed by atoms with Gasteiger partial charge in [-0.15, -0.1) is 0 Å². The lowest BCUT2D eigenvalue weighted by molar-refractivity contribution is -0.136. The molecule has 0 unspecified atom stereocenters. The molecular weight excluding hydrogens is 296 g/mol. The number of carboxylic acids is 1. The molecule has 0 atom stereocenters. The van der Waals surface area contributed by atoms with Crippen LogP contribution in [0.1, 0.15) is 21.5 Å². The molecule has 0 fully saturated rings. The first-order chi connectivity index (χ1) is 11.0. The standard InChI is InChI=1S/C18H16O5/c1-23-17-10-12(11-18(21)22)6-7-13(17)8-9-16(20)14-4-2-3-5-15(14)19/h2-10,19H,11H2,1H3,(H,21,22). The number of phenolic OH excluding ortho intramolecular Hbond substituents is 1. The third kappa shape index (κ3) is 4.20. The van der Waals surface area contributed by atoms with Gasteiger partial charge in [-0.1, -0.05) is 24.3 Å². The number of carbonyl (C=O) groups excluding carboxylic acids is 1. The smallest absolute Gasteiger partial charge is 0.307 e. The van der Waals surface area contributed by atoms with E-state index in [9.17, 15) is 14.7 Å². The highest BCUT2D eigenvalue weighted by Crippen LogP contribution is 2.23. The Kier molecular flexibility index (Phi) is 5.15. The Morgan fingerprint density at radius 3 is 2.57 bits per heavy atom. The maximum atomic E-state index is 12.1. The molecule has 2 aromatic carbocycles. The third-order valence-electron chi connectivity index (χ3n) is 3.24. The van der Waals surface area contributed by atoms with Crippen LogP contribution in [0.15, 0.2) is 48.5 Å². The van der Waals surface area contributed by atoms with Gasteiger partial charge in [0.2, 0.25) is 0 Å². The van der Waals surface area contributed by atoms with Crippen molar-refractivity contribution in [2.45, 2.75) is 6.42 Å². The van der Waals surface area contributed by atoms with Crippen molar-refractivity contribution in [1.29, 1.82) is 0 Å². The zero-order chi connectivity index (χ0) is 16.8. The minimum absolute atomic E-state index is 0.0779. The fraction of sp³-hybridized carbons (Fsp3) is 0.111. The summed E-state index contributed by atoms with van der Waals surface area (Å²) in [5, 5.41) is 18.5. The highest BCUT2D eigenvalue weighted by Gasteiger charge is 2.08. The predicted molar refractivity (Wildman–Crippen MR) is 85.8 cm³/mol. The normalized spacial score (nSPS) is 10.7. The Morgan fingerprint density at radius 2 is 1.91 bits per heavy atom. The van der Waals surface area contributed by atoms with Gasteiger partial charge in [0.1, 0.15) is 11.5 Å². The van der Waals surface area contributed by atoms with Crippen molar-refractivity contribution < 1.29 is 24.5 Å². The molecular formula is C18H16O5. The summed E-state index contributed by atoms with van der Waals surface area (Å²) in [6, 6.07) is 11.3. The second-order valence-electron chi connectivity index (χ2n) is 4.86. The van der Waals surface area contributed by atoms with E-state index in [0.29, 0.717) is 16.9 Å². The minimum atomic E-state index is -0.926. The summed E-state index contributed by atoms with van der Waals surface area (Å²) in [6.07, 6.45) is 2.80. The van der Waals surface area contributed by atoms with Crippen LogP contribution in [-0.4, -0.2) is 29.1 Å². The van der Waals surface area contributed by atoms with Crippen LogP contribution >= 0.6 is 0 Å². The van der Waals surface area contributed by atoms with Gasteiger partial charge in [-0.25, -0.2) is 0 Å². The van der Waals surface area contributed by atoms with Crippen molar-refractivity contribution in [2.24, 2.45) is 0 Å². The molecule has 2 N–H and O–H groups in total. The molecule has 0 aliphatic heterocycles. The van der Waals surface area contributed by atoms with Gasteiger partial charge in [0.25, 0.3) is 0 Å². The van der Waals surface area contributed by atoms with Crippen LogP contribution < -0.4 is 4.74 Å². The first-order valence-electron chi connectivity index (χ1n) is 6.90. The zero-order valence-electron chi connectivity index (χ0n) is 12.5. The molecule has 0 aliphatic carbocycles. The summed E-state index contributed by atoms with van der Waals surface area (Å²) in [7, 11) is 1.47. The number of benzene rings is 2. The van der Waals surface area contributed by atoms with E-state index < -0.39 is 5.97 Å². The Balaban J connectivity index is 2.23. The number of hydrogen-bond acceptors (Lipinski definition) is 4. The fourth-order valence-electron chi connectivity index (χ4n) is 2.12. The number of aliphatic carboxylic acids is 1. The van der Waals surface area contributed by atoms with E-state index >= 15 is 0 Å². The topological polar surface area (TPSA) is 83.8 Å². The largest absolute Gasteiger partial charge is 0.507 e. The number of phenols is 1. The van der Waals surface area contributed by atoms with E-state index in [1.165, 1.54) is 25.3 Å². The monoisotopic (exact) mass is 312 g/mol.